The van der Waals surface area contributed by atoms with Crippen LogP contribution in [0.4, 0.5) is 68.2 Å². The molecule has 0 spiro atoms. The maximum absolute atomic E-state index is 13.1. The van der Waals surface area contributed by atoms with Gasteiger partial charge in [0.15, 0.2) is 17.2 Å². The summed E-state index contributed by atoms with van der Waals surface area (Å²) in [5.41, 5.74) is 2.88. The normalized spacial score (nSPS) is 12.6. The Morgan fingerprint density at radius 2 is 1.04 bits per heavy atom. The average molecular weight is 1310 g/mol. The van der Waals surface area contributed by atoms with Gasteiger partial charge in [-0.05, 0) is 157 Å². The second-order valence-electron chi connectivity index (χ2n) is 20.6. The molecule has 0 amide bonds. The predicted octanol–water partition coefficient (Wildman–Crippen LogP) is 18.7. The highest BCUT2D eigenvalue weighted by atomic mass is 35.5. The summed E-state index contributed by atoms with van der Waals surface area (Å²) in [6.07, 6.45) is 0.486. The number of hydrogen-bond acceptors (Lipinski definition) is 22. The van der Waals surface area contributed by atoms with E-state index in [1.54, 1.807) is 73.7 Å². The molecule has 0 saturated heterocycles. The molecule has 8 N–H and O–H groups in total. The van der Waals surface area contributed by atoms with Crippen molar-refractivity contribution in [3.05, 3.63) is 180 Å². The Hall–Kier alpha value is -10.7. The van der Waals surface area contributed by atoms with Gasteiger partial charge >= 0.3 is 0 Å². The third-order valence-electron chi connectivity index (χ3n) is 14.2. The van der Waals surface area contributed by atoms with E-state index in [-0.39, 0.29) is 85.2 Å². The average Bonchev–Trinajstić information content (AvgIpc) is 0.871. The van der Waals surface area contributed by atoms with Crippen molar-refractivity contribution in [2.45, 2.75) is 41.9 Å². The van der Waals surface area contributed by atoms with E-state index < -0.39 is 62.2 Å². The number of phenolic OH excluding ortho intramolecular Hbond substituents is 4. The first-order valence-corrected chi connectivity index (χ1v) is 32.0. The van der Waals surface area contributed by atoms with Gasteiger partial charge in [-0.3, -0.25) is 13.7 Å². The second kappa shape index (κ2) is 25.3. The minimum absolute atomic E-state index is 0.00593. The van der Waals surface area contributed by atoms with E-state index in [9.17, 15) is 59.3 Å². The first-order chi connectivity index (χ1) is 43.8. The molecule has 29 heteroatoms. The first-order valence-electron chi connectivity index (χ1n) is 27.3. The van der Waals surface area contributed by atoms with Crippen LogP contribution in [0.3, 0.4) is 0 Å². The molecular weight excluding hydrogens is 1270 g/mol. The Morgan fingerprint density at radius 1 is 0.446 bits per heavy atom. The molecule has 11 rings (SSSR count). The highest BCUT2D eigenvalue weighted by molar-refractivity contribution is 7.86. The lowest BCUT2D eigenvalue weighted by Gasteiger charge is -2.13. The zero-order chi connectivity index (χ0) is 65.4. The van der Waals surface area contributed by atoms with Crippen molar-refractivity contribution < 1.29 is 64.1 Å². The predicted molar refractivity (Wildman–Crippen MR) is 346 cm³/mol. The Labute approximate surface area is 528 Å². The number of azo groups is 5. The maximum atomic E-state index is 13.1. The van der Waals surface area contributed by atoms with Crippen LogP contribution in [-0.2, 0) is 30.4 Å². The van der Waals surface area contributed by atoms with E-state index in [1.165, 1.54) is 30.3 Å². The second-order valence-corrected chi connectivity index (χ2v) is 25.2. The van der Waals surface area contributed by atoms with E-state index in [0.717, 1.165) is 29.8 Å². The van der Waals surface area contributed by atoms with Gasteiger partial charge in [0.2, 0.25) is 0 Å². The van der Waals surface area contributed by atoms with Gasteiger partial charge in [0, 0.05) is 39.4 Å². The number of ether oxygens (including phenoxy) is 1. The molecule has 0 atom stereocenters. The number of nitrogens with zero attached hydrogens (tertiary/aromatic N) is 10. The fraction of sp³-hybridized carbons (Fsp3) is 0.0794. The lowest BCUT2D eigenvalue weighted by molar-refractivity contribution is 0.318. The first kappa shape index (κ1) is 62.9. The van der Waals surface area contributed by atoms with E-state index in [0.29, 0.717) is 67.4 Å². The smallest absolute Gasteiger partial charge is 0.296 e. The van der Waals surface area contributed by atoms with Gasteiger partial charge in [-0.15, -0.1) is 35.8 Å². The third kappa shape index (κ3) is 13.3. The van der Waals surface area contributed by atoms with Crippen molar-refractivity contribution in [1.29, 1.82) is 0 Å². The molecule has 0 saturated carbocycles. The van der Waals surface area contributed by atoms with Crippen LogP contribution in [0.1, 0.15) is 24.5 Å². The SMILES string of the molecule is CCCOc1cc(N=Nc2cc(S(=O)(=O)O)cc3cc(S(=O)(=O)O)cc(O)c23)c(C)cc1N=Nc1c(S(=O)(=O)O)cc2cc(N=Nc3c(Nc4ccccc4)ccc4c(O)c(N=Nc5ccc6ccc(N=Nc7c(C)cccc7Cl)c(O)c6c5)ccc34)ccc2c1O. The zero-order valence-electron chi connectivity index (χ0n) is 48.1. The lowest BCUT2D eigenvalue weighted by atomic mass is 10.0. The van der Waals surface area contributed by atoms with Gasteiger partial charge in [-0.2, -0.15) is 40.6 Å². The van der Waals surface area contributed by atoms with E-state index >= 15 is 0 Å². The number of aromatic hydroxyl groups is 4. The Balaban J connectivity index is 0.907. The Kier molecular flexibility index (Phi) is 17.3. The molecule has 11 aromatic rings. The van der Waals surface area contributed by atoms with Gasteiger partial charge in [-0.25, -0.2) is 0 Å². The molecule has 464 valence electrons. The number of para-hydroxylation sites is 1. The molecule has 0 unspecified atom stereocenters. The molecule has 0 aliphatic carbocycles. The summed E-state index contributed by atoms with van der Waals surface area (Å²) in [5, 5.41) is 94.0. The molecule has 0 radical (unpaired) electrons. The van der Waals surface area contributed by atoms with Crippen LogP contribution in [0.2, 0.25) is 5.02 Å². The van der Waals surface area contributed by atoms with Crippen LogP contribution in [0.15, 0.2) is 230 Å². The van der Waals surface area contributed by atoms with E-state index in [2.05, 4.69) is 56.5 Å². The van der Waals surface area contributed by atoms with Crippen LogP contribution in [0.25, 0.3) is 43.1 Å². The highest BCUT2D eigenvalue weighted by Crippen LogP contribution is 2.48. The topological polar surface area (TPSA) is 389 Å². The lowest BCUT2D eigenvalue weighted by Crippen LogP contribution is -2.00. The van der Waals surface area contributed by atoms with Crippen LogP contribution in [-0.4, -0.2) is 65.9 Å². The highest BCUT2D eigenvalue weighted by Gasteiger charge is 2.25. The quantitative estimate of drug-likeness (QED) is 0.0292. The van der Waals surface area contributed by atoms with Crippen LogP contribution < -0.4 is 10.1 Å². The summed E-state index contributed by atoms with van der Waals surface area (Å²) < 4.78 is 111. The van der Waals surface area contributed by atoms with Crippen LogP contribution in [0.5, 0.6) is 28.7 Å². The van der Waals surface area contributed by atoms with Gasteiger partial charge in [0.1, 0.15) is 50.5 Å². The minimum Gasteiger partial charge on any atom is -0.507 e. The summed E-state index contributed by atoms with van der Waals surface area (Å²) in [5.74, 6) is -1.81. The number of hydrogen-bond donors (Lipinski definition) is 8. The largest absolute Gasteiger partial charge is 0.507 e. The van der Waals surface area contributed by atoms with Gasteiger partial charge in [0.05, 0.1) is 55.2 Å². The standard InChI is InChI=1S/C63H48ClN11O14S3/c1-4-23-89-55-32-51(70-72-53-30-41(90(80,81)82)26-37-27-42(91(83,84)85)31-54(76)57(37)53)34(3)24-52(55)71-75-60-56(92(86,87)88)28-36-25-39(16-17-43(36)63(60)79)67-74-59-44-18-22-50(61(77)45(44)19-21-48(59)65-38-10-6-5-7-11-38)68-66-40-15-13-35-14-20-49(62(78)46(35)29-40)69-73-58-33(2)9-8-12-47(58)64/h5-22,24-32,65,76-79H,4,23H2,1-3H3,(H,80,81,82)(H,83,84,85)(H,86,87,88). The van der Waals surface area contributed by atoms with Crippen molar-refractivity contribution >= 4 is 153 Å². The van der Waals surface area contributed by atoms with Crippen molar-refractivity contribution in [2.75, 3.05) is 11.9 Å². The molecule has 92 heavy (non-hydrogen) atoms. The summed E-state index contributed by atoms with van der Waals surface area (Å²) in [6.45, 7) is 5.32. The van der Waals surface area contributed by atoms with Gasteiger partial charge in [0.25, 0.3) is 30.4 Å². The number of aryl methyl sites for hydroxylation is 2. The molecule has 0 bridgehead atoms. The molecule has 0 heterocycles. The molecule has 0 fully saturated rings. The Bertz CT molecular complexity index is 5360. The van der Waals surface area contributed by atoms with Crippen LogP contribution in [0, 0.1) is 13.8 Å². The summed E-state index contributed by atoms with van der Waals surface area (Å²) in [6, 6.07) is 41.0. The fourth-order valence-electron chi connectivity index (χ4n) is 9.70. The molecular formula is C63H48ClN11O14S3. The van der Waals surface area contributed by atoms with Crippen molar-refractivity contribution in [1.82, 2.24) is 0 Å². The van der Waals surface area contributed by atoms with E-state index in [1.807, 2.05) is 50.2 Å². The monoisotopic (exact) mass is 1310 g/mol. The van der Waals surface area contributed by atoms with Crippen LogP contribution >= 0.6 is 11.6 Å². The fourth-order valence-corrected chi connectivity index (χ4v) is 11.7. The number of fused-ring (bicyclic) bond motifs is 4. The van der Waals surface area contributed by atoms with Crippen molar-refractivity contribution in [3.8, 4) is 28.7 Å². The summed E-state index contributed by atoms with van der Waals surface area (Å²) >= 11 is 6.34. The molecule has 0 aliphatic heterocycles. The Morgan fingerprint density at radius 3 is 1.76 bits per heavy atom. The summed E-state index contributed by atoms with van der Waals surface area (Å²) in [4.78, 5) is -2.36. The molecule has 0 aliphatic rings. The molecule has 0 aromatic heterocycles. The van der Waals surface area contributed by atoms with Crippen molar-refractivity contribution in [2.24, 2.45) is 51.1 Å². The maximum Gasteiger partial charge on any atom is 0.296 e. The number of anilines is 2. The number of nitrogens with one attached hydrogen (secondary N) is 1. The third-order valence-corrected chi connectivity index (χ3v) is 17.1. The van der Waals surface area contributed by atoms with Gasteiger partial charge in [-0.1, -0.05) is 61.0 Å². The number of phenols is 4. The zero-order valence-corrected chi connectivity index (χ0v) is 51.3. The van der Waals surface area contributed by atoms with Crippen molar-refractivity contribution in [3.63, 3.8) is 0 Å². The number of benzene rings is 11. The van der Waals surface area contributed by atoms with E-state index in [4.69, 9.17) is 16.3 Å². The summed E-state index contributed by atoms with van der Waals surface area (Å²) in [7, 11) is -15.0. The molecule has 11 aromatic carbocycles. The minimum atomic E-state index is -5.15. The number of rotatable bonds is 18. The number of halogens is 1. The van der Waals surface area contributed by atoms with Gasteiger partial charge < -0.3 is 30.5 Å². The molecule has 25 nitrogen and oxygen atoms in total.